The first-order valence-electron chi connectivity index (χ1n) is 6.71. The molecule has 0 unspecified atom stereocenters. The van der Waals surface area contributed by atoms with Gasteiger partial charge in [-0.1, -0.05) is 23.3 Å². The van der Waals surface area contributed by atoms with E-state index in [2.05, 4.69) is 20.8 Å². The van der Waals surface area contributed by atoms with Crippen LogP contribution in [0.4, 0.5) is 24.8 Å². The van der Waals surface area contributed by atoms with Gasteiger partial charge in [-0.2, -0.15) is 23.1 Å². The highest BCUT2D eigenvalue weighted by Crippen LogP contribution is 2.36. The van der Waals surface area contributed by atoms with Gasteiger partial charge in [0.05, 0.1) is 28.6 Å². The van der Waals surface area contributed by atoms with Crippen molar-refractivity contribution in [1.82, 2.24) is 20.2 Å². The van der Waals surface area contributed by atoms with Gasteiger partial charge < -0.3 is 5.32 Å². The summed E-state index contributed by atoms with van der Waals surface area (Å²) in [6.45, 7) is 0. The van der Waals surface area contributed by atoms with Crippen molar-refractivity contribution in [2.24, 2.45) is 0 Å². The van der Waals surface area contributed by atoms with E-state index >= 15 is 0 Å². The van der Waals surface area contributed by atoms with Gasteiger partial charge in [0.15, 0.2) is 0 Å². The second kappa shape index (κ2) is 6.00. The maximum atomic E-state index is 13.2. The SMILES string of the molecule is N#Cc1ccc(Nc2nnnn2-c2ccccc2)c(C(F)(F)F)c1. The summed E-state index contributed by atoms with van der Waals surface area (Å²) in [5.74, 6) is 0.0245. The molecule has 2 aromatic carbocycles. The van der Waals surface area contributed by atoms with Crippen LogP contribution in [0.1, 0.15) is 11.1 Å². The predicted molar refractivity (Wildman–Crippen MR) is 78.6 cm³/mol. The van der Waals surface area contributed by atoms with Crippen LogP contribution in [0, 0.1) is 11.3 Å². The van der Waals surface area contributed by atoms with Crippen LogP contribution >= 0.6 is 0 Å². The van der Waals surface area contributed by atoms with E-state index in [-0.39, 0.29) is 17.2 Å². The van der Waals surface area contributed by atoms with Crippen molar-refractivity contribution in [1.29, 1.82) is 5.26 Å². The summed E-state index contributed by atoms with van der Waals surface area (Å²) < 4.78 is 40.9. The van der Waals surface area contributed by atoms with Crippen LogP contribution < -0.4 is 5.32 Å². The van der Waals surface area contributed by atoms with E-state index in [1.165, 1.54) is 16.8 Å². The molecule has 0 atom stereocenters. The van der Waals surface area contributed by atoms with E-state index in [0.29, 0.717) is 5.69 Å². The normalized spacial score (nSPS) is 11.1. The van der Waals surface area contributed by atoms with E-state index in [1.807, 2.05) is 0 Å². The third-order valence-corrected chi connectivity index (χ3v) is 3.17. The highest BCUT2D eigenvalue weighted by Gasteiger charge is 2.34. The Bertz CT molecular complexity index is 896. The number of nitrogens with one attached hydrogen (secondary N) is 1. The third kappa shape index (κ3) is 3.03. The summed E-state index contributed by atoms with van der Waals surface area (Å²) >= 11 is 0. The smallest absolute Gasteiger partial charge is 0.322 e. The number of benzene rings is 2. The second-order valence-electron chi connectivity index (χ2n) is 4.74. The number of hydrogen-bond acceptors (Lipinski definition) is 5. The van der Waals surface area contributed by atoms with Crippen LogP contribution in [0.2, 0.25) is 0 Å². The van der Waals surface area contributed by atoms with Crippen LogP contribution in [0.3, 0.4) is 0 Å². The Morgan fingerprint density at radius 1 is 1.08 bits per heavy atom. The lowest BCUT2D eigenvalue weighted by molar-refractivity contribution is -0.136. The first-order chi connectivity index (χ1) is 11.5. The van der Waals surface area contributed by atoms with Crippen LogP contribution in [0.25, 0.3) is 5.69 Å². The molecule has 0 amide bonds. The summed E-state index contributed by atoms with van der Waals surface area (Å²) in [6.07, 6.45) is -4.62. The molecule has 1 N–H and O–H groups in total. The van der Waals surface area contributed by atoms with Crippen molar-refractivity contribution in [3.8, 4) is 11.8 Å². The number of rotatable bonds is 3. The highest BCUT2D eigenvalue weighted by atomic mass is 19.4. The topological polar surface area (TPSA) is 79.4 Å². The molecule has 1 heterocycles. The maximum Gasteiger partial charge on any atom is 0.418 e. The molecule has 0 saturated carbocycles. The minimum atomic E-state index is -4.62. The van der Waals surface area contributed by atoms with Gasteiger partial charge in [0.1, 0.15) is 0 Å². The molecule has 0 fully saturated rings. The molecule has 0 aliphatic heterocycles. The van der Waals surface area contributed by atoms with E-state index in [9.17, 15) is 13.2 Å². The molecule has 0 saturated heterocycles. The molecule has 9 heteroatoms. The second-order valence-corrected chi connectivity index (χ2v) is 4.74. The number of aromatic nitrogens is 4. The molecular weight excluding hydrogens is 321 g/mol. The maximum absolute atomic E-state index is 13.2. The summed E-state index contributed by atoms with van der Waals surface area (Å²) in [5.41, 5.74) is -0.708. The number of anilines is 2. The Morgan fingerprint density at radius 3 is 2.50 bits per heavy atom. The molecule has 0 bridgehead atoms. The zero-order valence-electron chi connectivity index (χ0n) is 12.0. The van der Waals surface area contributed by atoms with Crippen LogP contribution in [0.15, 0.2) is 48.5 Å². The molecule has 1 aromatic heterocycles. The van der Waals surface area contributed by atoms with E-state index < -0.39 is 11.7 Å². The monoisotopic (exact) mass is 330 g/mol. The largest absolute Gasteiger partial charge is 0.418 e. The van der Waals surface area contributed by atoms with Gasteiger partial charge in [-0.15, -0.1) is 0 Å². The van der Waals surface area contributed by atoms with Gasteiger partial charge in [0.2, 0.25) is 0 Å². The lowest BCUT2D eigenvalue weighted by Crippen LogP contribution is -2.11. The average Bonchev–Trinajstić information content (AvgIpc) is 3.03. The highest BCUT2D eigenvalue weighted by molar-refractivity contribution is 5.62. The molecule has 3 aromatic rings. The Balaban J connectivity index is 2.02. The van der Waals surface area contributed by atoms with Gasteiger partial charge in [-0.05, 0) is 40.8 Å². The predicted octanol–water partition coefficient (Wildman–Crippen LogP) is 3.30. The Kier molecular flexibility index (Phi) is 3.87. The number of alkyl halides is 3. The van der Waals surface area contributed by atoms with Crippen molar-refractivity contribution in [3.63, 3.8) is 0 Å². The minimum absolute atomic E-state index is 0.0245. The zero-order chi connectivity index (χ0) is 17.2. The lowest BCUT2D eigenvalue weighted by atomic mass is 10.1. The van der Waals surface area contributed by atoms with Gasteiger partial charge in [-0.25, -0.2) is 0 Å². The molecule has 0 radical (unpaired) electrons. The third-order valence-electron chi connectivity index (χ3n) is 3.17. The average molecular weight is 330 g/mol. The standard InChI is InChI=1S/C15H9F3N6/c16-15(17,18)12-8-10(9-19)6-7-13(12)20-14-21-22-23-24(14)11-4-2-1-3-5-11/h1-8H,(H,20,21,23). The zero-order valence-corrected chi connectivity index (χ0v) is 12.0. The molecule has 0 aliphatic carbocycles. The van der Waals surface area contributed by atoms with Crippen molar-refractivity contribution in [2.45, 2.75) is 6.18 Å². The van der Waals surface area contributed by atoms with Crippen LogP contribution in [-0.4, -0.2) is 20.2 Å². The first-order valence-corrected chi connectivity index (χ1v) is 6.71. The fourth-order valence-electron chi connectivity index (χ4n) is 2.09. The summed E-state index contributed by atoms with van der Waals surface area (Å²) in [5, 5.41) is 22.3. The number of halogens is 3. The minimum Gasteiger partial charge on any atom is -0.322 e. The van der Waals surface area contributed by atoms with Gasteiger partial charge in [0, 0.05) is 0 Å². The van der Waals surface area contributed by atoms with Gasteiger partial charge >= 0.3 is 6.18 Å². The molecule has 120 valence electrons. The quantitative estimate of drug-likeness (QED) is 0.797. The lowest BCUT2D eigenvalue weighted by Gasteiger charge is -2.14. The van der Waals surface area contributed by atoms with E-state index in [0.717, 1.165) is 6.07 Å². The molecule has 0 spiro atoms. The molecule has 24 heavy (non-hydrogen) atoms. The Hall–Kier alpha value is -3.41. The van der Waals surface area contributed by atoms with Gasteiger partial charge in [-0.3, -0.25) is 0 Å². The summed E-state index contributed by atoms with van der Waals surface area (Å²) in [4.78, 5) is 0. The van der Waals surface area contributed by atoms with Crippen molar-refractivity contribution < 1.29 is 13.2 Å². The number of tetrazole rings is 1. The van der Waals surface area contributed by atoms with Crippen LogP contribution in [0.5, 0.6) is 0 Å². The fraction of sp³-hybridized carbons (Fsp3) is 0.0667. The van der Waals surface area contributed by atoms with E-state index in [1.54, 1.807) is 36.4 Å². The number of nitriles is 1. The number of hydrogen-bond donors (Lipinski definition) is 1. The summed E-state index contributed by atoms with van der Waals surface area (Å²) in [6, 6.07) is 13.7. The Morgan fingerprint density at radius 2 is 1.83 bits per heavy atom. The fourth-order valence-corrected chi connectivity index (χ4v) is 2.09. The molecular formula is C15H9F3N6. The van der Waals surface area contributed by atoms with Gasteiger partial charge in [0.25, 0.3) is 5.95 Å². The van der Waals surface area contributed by atoms with Crippen LogP contribution in [-0.2, 0) is 6.18 Å². The number of nitrogens with zero attached hydrogens (tertiary/aromatic N) is 5. The Labute approximate surface area is 134 Å². The number of para-hydroxylation sites is 1. The summed E-state index contributed by atoms with van der Waals surface area (Å²) in [7, 11) is 0. The first kappa shape index (κ1) is 15.5. The molecule has 0 aliphatic rings. The van der Waals surface area contributed by atoms with Crippen molar-refractivity contribution in [3.05, 3.63) is 59.7 Å². The molecule has 3 rings (SSSR count). The van der Waals surface area contributed by atoms with Crippen molar-refractivity contribution in [2.75, 3.05) is 5.32 Å². The van der Waals surface area contributed by atoms with Crippen molar-refractivity contribution >= 4 is 11.6 Å². The van der Waals surface area contributed by atoms with E-state index in [4.69, 9.17) is 5.26 Å². The molecule has 6 nitrogen and oxygen atoms in total.